The lowest BCUT2D eigenvalue weighted by Gasteiger charge is -2.11. The molecule has 1 aromatic heterocycles. The highest BCUT2D eigenvalue weighted by molar-refractivity contribution is 8.19. The molecule has 0 unspecified atom stereocenters. The molecule has 3 aromatic rings. The van der Waals surface area contributed by atoms with Gasteiger partial charge in [-0.15, -0.1) is 0 Å². The second-order valence-corrected chi connectivity index (χ2v) is 8.24. The summed E-state index contributed by atoms with van der Waals surface area (Å²) in [6, 6.07) is 15.8. The zero-order valence-electron chi connectivity index (χ0n) is 17.2. The number of carbonyl (C=O) groups is 2. The molecule has 0 spiro atoms. The van der Waals surface area contributed by atoms with Gasteiger partial charge in [0.2, 0.25) is 0 Å². The molecule has 0 radical (unpaired) electrons. The average Bonchev–Trinajstić information content (AvgIpc) is 3.17. The van der Waals surface area contributed by atoms with E-state index in [4.69, 9.17) is 0 Å². The van der Waals surface area contributed by atoms with E-state index in [2.05, 4.69) is 0 Å². The summed E-state index contributed by atoms with van der Waals surface area (Å²) in [6.07, 6.45) is 1.70. The molecule has 0 atom stereocenters. The molecule has 0 N–H and O–H groups in total. The SMILES string of the molecule is Cc1ccc(-n2c(C)cc(/C=C3\SC(=O)N(c4ccccc4)C3=O)c2C)cc1[N+](=O)[O-]. The van der Waals surface area contributed by atoms with E-state index in [9.17, 15) is 19.7 Å². The molecule has 7 nitrogen and oxygen atoms in total. The van der Waals surface area contributed by atoms with Crippen molar-refractivity contribution in [2.45, 2.75) is 20.8 Å². The Kier molecular flexibility index (Phi) is 5.24. The molecular formula is C23H19N3O4S. The van der Waals surface area contributed by atoms with E-state index >= 15 is 0 Å². The number of aromatic nitrogens is 1. The third kappa shape index (κ3) is 3.66. The van der Waals surface area contributed by atoms with E-state index in [1.165, 1.54) is 4.90 Å². The second kappa shape index (κ2) is 7.88. The lowest BCUT2D eigenvalue weighted by Crippen LogP contribution is -2.27. The van der Waals surface area contributed by atoms with Gasteiger partial charge in [0.1, 0.15) is 0 Å². The topological polar surface area (TPSA) is 85.5 Å². The van der Waals surface area contributed by atoms with Crippen LogP contribution in [-0.4, -0.2) is 20.6 Å². The minimum atomic E-state index is -0.395. The van der Waals surface area contributed by atoms with Gasteiger partial charge in [-0.2, -0.15) is 0 Å². The van der Waals surface area contributed by atoms with Gasteiger partial charge in [-0.1, -0.05) is 24.3 Å². The molecule has 1 aliphatic heterocycles. The Labute approximate surface area is 183 Å². The first kappa shape index (κ1) is 20.6. The Morgan fingerprint density at radius 2 is 1.68 bits per heavy atom. The van der Waals surface area contributed by atoms with Crippen LogP contribution in [0.15, 0.2) is 59.5 Å². The van der Waals surface area contributed by atoms with Gasteiger partial charge in [0.25, 0.3) is 16.8 Å². The number of hydrogen-bond acceptors (Lipinski definition) is 5. The van der Waals surface area contributed by atoms with E-state index in [0.717, 1.165) is 28.7 Å². The van der Waals surface area contributed by atoms with Gasteiger partial charge in [-0.25, -0.2) is 4.90 Å². The number of thioether (sulfide) groups is 1. The number of para-hydroxylation sites is 1. The van der Waals surface area contributed by atoms with Gasteiger partial charge < -0.3 is 4.57 Å². The Balaban J connectivity index is 1.73. The zero-order chi connectivity index (χ0) is 22.3. The van der Waals surface area contributed by atoms with Gasteiger partial charge >= 0.3 is 0 Å². The highest BCUT2D eigenvalue weighted by Crippen LogP contribution is 2.36. The van der Waals surface area contributed by atoms with Crippen LogP contribution in [-0.2, 0) is 4.79 Å². The fraction of sp³-hybridized carbons (Fsp3) is 0.130. The van der Waals surface area contributed by atoms with Crippen molar-refractivity contribution in [1.29, 1.82) is 0 Å². The summed E-state index contributed by atoms with van der Waals surface area (Å²) in [7, 11) is 0. The van der Waals surface area contributed by atoms with E-state index in [1.54, 1.807) is 49.4 Å². The van der Waals surface area contributed by atoms with Crippen molar-refractivity contribution < 1.29 is 14.5 Å². The molecule has 2 aromatic carbocycles. The first-order valence-corrected chi connectivity index (χ1v) is 10.4. The Bertz CT molecular complexity index is 1260. The second-order valence-electron chi connectivity index (χ2n) is 7.24. The van der Waals surface area contributed by atoms with Gasteiger partial charge in [-0.3, -0.25) is 19.7 Å². The fourth-order valence-corrected chi connectivity index (χ4v) is 4.51. The van der Waals surface area contributed by atoms with Crippen LogP contribution in [0.2, 0.25) is 0 Å². The Morgan fingerprint density at radius 3 is 2.35 bits per heavy atom. The maximum Gasteiger partial charge on any atom is 0.298 e. The van der Waals surface area contributed by atoms with E-state index in [0.29, 0.717) is 21.8 Å². The molecule has 0 bridgehead atoms. The van der Waals surface area contributed by atoms with Crippen molar-refractivity contribution in [1.82, 2.24) is 4.57 Å². The van der Waals surface area contributed by atoms with Gasteiger partial charge in [0, 0.05) is 23.0 Å². The number of carbonyl (C=O) groups excluding carboxylic acids is 2. The summed E-state index contributed by atoms with van der Waals surface area (Å²) < 4.78 is 1.90. The molecule has 1 saturated heterocycles. The molecule has 1 aliphatic rings. The van der Waals surface area contributed by atoms with Crippen LogP contribution in [0, 0.1) is 30.9 Å². The number of aryl methyl sites for hydroxylation is 2. The normalized spacial score (nSPS) is 15.2. The van der Waals surface area contributed by atoms with Crippen molar-refractivity contribution in [2.75, 3.05) is 4.90 Å². The number of nitrogens with zero attached hydrogens (tertiary/aromatic N) is 3. The largest absolute Gasteiger partial charge is 0.318 e. The number of nitro benzene ring substituents is 1. The number of benzene rings is 2. The number of hydrogen-bond donors (Lipinski definition) is 0. The Hall–Kier alpha value is -3.65. The van der Waals surface area contributed by atoms with Crippen LogP contribution in [0.1, 0.15) is 22.5 Å². The summed E-state index contributed by atoms with van der Waals surface area (Å²) in [5.41, 5.74) is 4.31. The molecule has 1 fully saturated rings. The molecule has 0 saturated carbocycles. The summed E-state index contributed by atoms with van der Waals surface area (Å²) in [5, 5.41) is 11.0. The molecule has 0 aliphatic carbocycles. The quantitative estimate of drug-likeness (QED) is 0.306. The van der Waals surface area contributed by atoms with Gasteiger partial charge in [0.05, 0.1) is 21.2 Å². The maximum atomic E-state index is 12.9. The molecular weight excluding hydrogens is 414 g/mol. The Morgan fingerprint density at radius 1 is 0.968 bits per heavy atom. The number of amides is 2. The molecule has 156 valence electrons. The van der Waals surface area contributed by atoms with Gasteiger partial charge in [-0.05, 0) is 68.4 Å². The van der Waals surface area contributed by atoms with Crippen molar-refractivity contribution in [3.8, 4) is 5.69 Å². The van der Waals surface area contributed by atoms with Crippen LogP contribution in [0.3, 0.4) is 0 Å². The maximum absolute atomic E-state index is 12.9. The first-order chi connectivity index (χ1) is 14.8. The molecule has 2 heterocycles. The molecule has 4 rings (SSSR count). The monoisotopic (exact) mass is 433 g/mol. The molecule has 31 heavy (non-hydrogen) atoms. The van der Waals surface area contributed by atoms with Crippen molar-refractivity contribution in [2.24, 2.45) is 0 Å². The minimum absolute atomic E-state index is 0.0514. The van der Waals surface area contributed by atoms with Crippen molar-refractivity contribution >= 4 is 40.4 Å². The predicted octanol–water partition coefficient (Wildman–Crippen LogP) is 5.55. The fourth-order valence-electron chi connectivity index (χ4n) is 3.67. The minimum Gasteiger partial charge on any atom is -0.318 e. The third-order valence-corrected chi connectivity index (χ3v) is 6.08. The van der Waals surface area contributed by atoms with Gasteiger partial charge in [0.15, 0.2) is 0 Å². The van der Waals surface area contributed by atoms with Crippen LogP contribution >= 0.6 is 11.8 Å². The summed E-state index contributed by atoms with van der Waals surface area (Å²) in [4.78, 5) is 37.8. The van der Waals surface area contributed by atoms with Crippen molar-refractivity contribution in [3.63, 3.8) is 0 Å². The smallest absolute Gasteiger partial charge is 0.298 e. The first-order valence-electron chi connectivity index (χ1n) is 9.55. The third-order valence-electron chi connectivity index (χ3n) is 5.21. The average molecular weight is 433 g/mol. The number of anilines is 1. The molecule has 2 amide bonds. The lowest BCUT2D eigenvalue weighted by molar-refractivity contribution is -0.385. The molecule has 8 heteroatoms. The van der Waals surface area contributed by atoms with Crippen LogP contribution in [0.4, 0.5) is 16.2 Å². The summed E-state index contributed by atoms with van der Waals surface area (Å²) in [6.45, 7) is 5.48. The van der Waals surface area contributed by atoms with E-state index < -0.39 is 4.92 Å². The van der Waals surface area contributed by atoms with Crippen LogP contribution < -0.4 is 4.90 Å². The van der Waals surface area contributed by atoms with Crippen molar-refractivity contribution in [3.05, 3.63) is 92.1 Å². The summed E-state index contributed by atoms with van der Waals surface area (Å²) >= 11 is 0.899. The van der Waals surface area contributed by atoms with Crippen LogP contribution in [0.5, 0.6) is 0 Å². The lowest BCUT2D eigenvalue weighted by atomic mass is 10.1. The van der Waals surface area contributed by atoms with Crippen LogP contribution in [0.25, 0.3) is 11.8 Å². The summed E-state index contributed by atoms with van der Waals surface area (Å²) in [5.74, 6) is -0.364. The van der Waals surface area contributed by atoms with E-state index in [1.807, 2.05) is 36.6 Å². The highest BCUT2D eigenvalue weighted by atomic mass is 32.2. The number of nitro groups is 1. The number of imide groups is 1. The zero-order valence-corrected chi connectivity index (χ0v) is 18.0. The number of rotatable bonds is 4. The highest BCUT2D eigenvalue weighted by Gasteiger charge is 2.36. The standard InChI is InChI=1S/C23H19N3O4S/c1-14-9-10-19(13-20(14)26(29)30)24-15(2)11-17(16(24)3)12-21-22(27)25(23(28)31-21)18-7-5-4-6-8-18/h4-13H,1-3H3/b21-12-. The predicted molar refractivity (Wildman–Crippen MR) is 122 cm³/mol. The van der Waals surface area contributed by atoms with E-state index in [-0.39, 0.29) is 16.8 Å².